The highest BCUT2D eigenvalue weighted by atomic mass is 35.5. The molecule has 0 atom stereocenters. The van der Waals surface area contributed by atoms with E-state index in [0.717, 1.165) is 24.8 Å². The van der Waals surface area contributed by atoms with Crippen LogP contribution in [0.25, 0.3) is 0 Å². The zero-order chi connectivity index (χ0) is 11.4. The summed E-state index contributed by atoms with van der Waals surface area (Å²) in [6.45, 7) is 2.07. The van der Waals surface area contributed by atoms with Crippen molar-refractivity contribution in [2.75, 3.05) is 5.73 Å². The normalized spacial score (nSPS) is 10.3. The van der Waals surface area contributed by atoms with E-state index in [1.807, 2.05) is 0 Å². The number of carboxylic acid groups (broad SMARTS) is 1. The Morgan fingerprint density at radius 3 is 2.73 bits per heavy atom. The molecule has 0 aliphatic carbocycles. The number of carbonyl (C=O) groups is 1. The van der Waals surface area contributed by atoms with Crippen molar-refractivity contribution >= 4 is 23.3 Å². The van der Waals surface area contributed by atoms with Gasteiger partial charge in [-0.2, -0.15) is 0 Å². The molecule has 0 unspecified atom stereocenters. The van der Waals surface area contributed by atoms with Crippen LogP contribution in [-0.2, 0) is 6.42 Å². The number of nitrogen functional groups attached to an aromatic ring is 1. The maximum Gasteiger partial charge on any atom is 0.335 e. The molecule has 0 aliphatic rings. The fourth-order valence-corrected chi connectivity index (χ4v) is 1.59. The molecule has 82 valence electrons. The van der Waals surface area contributed by atoms with Crippen molar-refractivity contribution in [1.82, 2.24) is 0 Å². The lowest BCUT2D eigenvalue weighted by Gasteiger charge is -2.07. The number of benzene rings is 1. The molecule has 1 aromatic rings. The molecule has 3 N–H and O–H groups in total. The van der Waals surface area contributed by atoms with Gasteiger partial charge in [0.2, 0.25) is 0 Å². The van der Waals surface area contributed by atoms with E-state index in [1.165, 1.54) is 6.07 Å². The topological polar surface area (TPSA) is 63.3 Å². The molecule has 0 bridgehead atoms. The fraction of sp³-hybridized carbons (Fsp3) is 0.364. The van der Waals surface area contributed by atoms with Gasteiger partial charge < -0.3 is 10.8 Å². The number of aromatic carboxylic acids is 1. The van der Waals surface area contributed by atoms with Crippen LogP contribution in [0.5, 0.6) is 0 Å². The van der Waals surface area contributed by atoms with Crippen LogP contribution in [0, 0.1) is 0 Å². The van der Waals surface area contributed by atoms with Crippen LogP contribution in [0.3, 0.4) is 0 Å². The summed E-state index contributed by atoms with van der Waals surface area (Å²) in [5, 5.41) is 9.33. The third kappa shape index (κ3) is 2.86. The highest BCUT2D eigenvalue weighted by Gasteiger charge is 2.10. The van der Waals surface area contributed by atoms with Crippen molar-refractivity contribution in [3.8, 4) is 0 Å². The molecule has 0 aliphatic heterocycles. The molecule has 0 spiro atoms. The SMILES string of the molecule is CCCCc1cc(C(=O)O)cc(N)c1Cl. The largest absolute Gasteiger partial charge is 0.478 e. The van der Waals surface area contributed by atoms with Crippen molar-refractivity contribution in [1.29, 1.82) is 0 Å². The van der Waals surface area contributed by atoms with Crippen molar-refractivity contribution in [2.45, 2.75) is 26.2 Å². The van der Waals surface area contributed by atoms with Gasteiger partial charge in [0.15, 0.2) is 0 Å². The van der Waals surface area contributed by atoms with E-state index in [9.17, 15) is 4.79 Å². The number of aryl methyl sites for hydroxylation is 1. The van der Waals surface area contributed by atoms with Crippen LogP contribution in [0.1, 0.15) is 35.7 Å². The molecule has 3 nitrogen and oxygen atoms in total. The molecule has 0 heterocycles. The Labute approximate surface area is 93.9 Å². The third-order valence-electron chi connectivity index (χ3n) is 2.22. The Hall–Kier alpha value is -1.22. The first kappa shape index (κ1) is 11.9. The Morgan fingerprint density at radius 2 is 2.20 bits per heavy atom. The summed E-state index contributed by atoms with van der Waals surface area (Å²) in [7, 11) is 0. The number of nitrogens with two attached hydrogens (primary N) is 1. The summed E-state index contributed by atoms with van der Waals surface area (Å²) in [5.41, 5.74) is 6.98. The molecule has 0 fully saturated rings. The summed E-state index contributed by atoms with van der Waals surface area (Å²) in [4.78, 5) is 10.8. The van der Waals surface area contributed by atoms with E-state index in [0.29, 0.717) is 10.7 Å². The Balaban J connectivity index is 3.07. The predicted octanol–water partition coefficient (Wildman–Crippen LogP) is 2.96. The van der Waals surface area contributed by atoms with Crippen LogP contribution in [0.4, 0.5) is 5.69 Å². The Morgan fingerprint density at radius 1 is 1.53 bits per heavy atom. The van der Waals surface area contributed by atoms with Crippen molar-refractivity contribution in [2.24, 2.45) is 0 Å². The molecule has 0 aromatic heterocycles. The number of halogens is 1. The van der Waals surface area contributed by atoms with Gasteiger partial charge in [-0.25, -0.2) is 4.79 Å². The van der Waals surface area contributed by atoms with E-state index >= 15 is 0 Å². The van der Waals surface area contributed by atoms with Gasteiger partial charge in [-0.15, -0.1) is 0 Å². The average Bonchev–Trinajstić information content (AvgIpc) is 2.19. The van der Waals surface area contributed by atoms with Crippen molar-refractivity contribution < 1.29 is 9.90 Å². The van der Waals surface area contributed by atoms with E-state index in [1.54, 1.807) is 6.07 Å². The third-order valence-corrected chi connectivity index (χ3v) is 2.68. The second-order valence-corrected chi connectivity index (χ2v) is 3.83. The summed E-state index contributed by atoms with van der Waals surface area (Å²) in [6, 6.07) is 2.98. The summed E-state index contributed by atoms with van der Waals surface area (Å²) in [6.07, 6.45) is 2.77. The lowest BCUT2D eigenvalue weighted by Crippen LogP contribution is -2.01. The lowest BCUT2D eigenvalue weighted by atomic mass is 10.0. The highest BCUT2D eigenvalue weighted by molar-refractivity contribution is 6.34. The van der Waals surface area contributed by atoms with Crippen LogP contribution in [0.2, 0.25) is 5.02 Å². The molecule has 1 aromatic carbocycles. The number of unbranched alkanes of at least 4 members (excludes halogenated alkanes) is 1. The molecule has 4 heteroatoms. The number of anilines is 1. The first-order valence-electron chi connectivity index (χ1n) is 4.87. The van der Waals surface area contributed by atoms with Gasteiger partial charge in [0.1, 0.15) is 0 Å². The van der Waals surface area contributed by atoms with E-state index in [2.05, 4.69) is 6.92 Å². The smallest absolute Gasteiger partial charge is 0.335 e. The number of carboxylic acids is 1. The summed E-state index contributed by atoms with van der Waals surface area (Å²) < 4.78 is 0. The van der Waals surface area contributed by atoms with Crippen molar-refractivity contribution in [3.05, 3.63) is 28.3 Å². The monoisotopic (exact) mass is 227 g/mol. The van der Waals surface area contributed by atoms with Gasteiger partial charge in [0.05, 0.1) is 16.3 Å². The molecule has 0 saturated carbocycles. The summed E-state index contributed by atoms with van der Waals surface area (Å²) in [5.74, 6) is -0.976. The molecule has 0 saturated heterocycles. The molecular formula is C11H14ClNO2. The minimum atomic E-state index is -0.976. The quantitative estimate of drug-likeness (QED) is 0.778. The predicted molar refractivity (Wildman–Crippen MR) is 61.4 cm³/mol. The highest BCUT2D eigenvalue weighted by Crippen LogP contribution is 2.26. The van der Waals surface area contributed by atoms with Gasteiger partial charge in [0.25, 0.3) is 0 Å². The minimum absolute atomic E-state index is 0.197. The lowest BCUT2D eigenvalue weighted by molar-refractivity contribution is 0.0697. The van der Waals surface area contributed by atoms with Crippen LogP contribution >= 0.6 is 11.6 Å². The Kier molecular flexibility index (Phi) is 3.97. The van der Waals surface area contributed by atoms with Crippen LogP contribution < -0.4 is 5.73 Å². The Bertz CT molecular complexity index is 377. The van der Waals surface area contributed by atoms with Crippen LogP contribution in [-0.4, -0.2) is 11.1 Å². The first-order chi connectivity index (χ1) is 7.06. The molecule has 1 rings (SSSR count). The van der Waals surface area contributed by atoms with Gasteiger partial charge in [0, 0.05) is 0 Å². The van der Waals surface area contributed by atoms with E-state index in [4.69, 9.17) is 22.4 Å². The standard InChI is InChI=1S/C11H14ClNO2/c1-2-3-4-7-5-8(11(14)15)6-9(13)10(7)12/h5-6H,2-4,13H2,1H3,(H,14,15). The zero-order valence-electron chi connectivity index (χ0n) is 8.59. The number of rotatable bonds is 4. The number of hydrogen-bond donors (Lipinski definition) is 2. The second kappa shape index (κ2) is 5.03. The number of hydrogen-bond acceptors (Lipinski definition) is 2. The fourth-order valence-electron chi connectivity index (χ4n) is 1.38. The van der Waals surface area contributed by atoms with Gasteiger partial charge >= 0.3 is 5.97 Å². The van der Waals surface area contributed by atoms with Gasteiger partial charge in [-0.1, -0.05) is 24.9 Å². The van der Waals surface area contributed by atoms with Crippen LogP contribution in [0.15, 0.2) is 12.1 Å². The maximum absolute atomic E-state index is 10.8. The van der Waals surface area contributed by atoms with E-state index < -0.39 is 5.97 Å². The maximum atomic E-state index is 10.8. The zero-order valence-corrected chi connectivity index (χ0v) is 9.34. The molecular weight excluding hydrogens is 214 g/mol. The molecule has 0 amide bonds. The minimum Gasteiger partial charge on any atom is -0.478 e. The van der Waals surface area contributed by atoms with Gasteiger partial charge in [-0.05, 0) is 30.5 Å². The molecule has 15 heavy (non-hydrogen) atoms. The summed E-state index contributed by atoms with van der Waals surface area (Å²) >= 11 is 5.99. The first-order valence-corrected chi connectivity index (χ1v) is 5.25. The van der Waals surface area contributed by atoms with Crippen molar-refractivity contribution in [3.63, 3.8) is 0 Å². The average molecular weight is 228 g/mol. The van der Waals surface area contributed by atoms with Gasteiger partial charge in [-0.3, -0.25) is 0 Å². The molecule has 0 radical (unpaired) electrons. The van der Waals surface area contributed by atoms with E-state index in [-0.39, 0.29) is 5.56 Å². The second-order valence-electron chi connectivity index (χ2n) is 3.45.